The first-order valence-corrected chi connectivity index (χ1v) is 21.0. The molecule has 0 spiro atoms. The Morgan fingerprint density at radius 3 is 0.759 bits per heavy atom. The average molecular weight is 791 g/mol. The van der Waals surface area contributed by atoms with Gasteiger partial charge >= 0.3 is 23.1 Å². The van der Waals surface area contributed by atoms with E-state index in [4.69, 9.17) is 0 Å². The monoisotopic (exact) mass is 791 g/mol. The molecule has 1 fully saturated rings. The van der Waals surface area contributed by atoms with Gasteiger partial charge in [-0.2, -0.15) is 21.9 Å². The van der Waals surface area contributed by atoms with E-state index in [9.17, 15) is 5.11 Å². The zero-order chi connectivity index (χ0) is 41.7. The Labute approximate surface area is 369 Å². The second-order valence-corrected chi connectivity index (χ2v) is 17.4. The van der Waals surface area contributed by atoms with E-state index >= 15 is 0 Å². The van der Waals surface area contributed by atoms with E-state index in [1.807, 2.05) is 30.3 Å². The van der Waals surface area contributed by atoms with Crippen molar-refractivity contribution in [2.24, 2.45) is 0 Å². The topological polar surface area (TPSA) is 36.0 Å². The van der Waals surface area contributed by atoms with Crippen molar-refractivity contribution in [1.29, 1.82) is 0 Å². The molecule has 1 heterocycles. The summed E-state index contributed by atoms with van der Waals surface area (Å²) in [4.78, 5) is 9.72. The molecule has 0 radical (unpaired) electrons. The number of hydrogen-bond acceptors (Lipinski definition) is 5. The molecule has 5 aromatic carbocycles. The molecule has 0 aliphatic carbocycles. The summed E-state index contributed by atoms with van der Waals surface area (Å²) in [5.41, 5.74) is 17.0. The van der Waals surface area contributed by atoms with Gasteiger partial charge in [-0.1, -0.05) is 153 Å². The van der Waals surface area contributed by atoms with Gasteiger partial charge in [-0.15, -0.1) is 6.61 Å². The quantitative estimate of drug-likeness (QED) is 0.223. The minimum Gasteiger partial charge on any atom is -0.851 e. The Morgan fingerprint density at radius 2 is 0.586 bits per heavy atom. The predicted octanol–water partition coefficient (Wildman–Crippen LogP) is 5.42. The van der Waals surface area contributed by atoms with Crippen LogP contribution in [0.2, 0.25) is 0 Å². The van der Waals surface area contributed by atoms with E-state index in [1.165, 1.54) is 119 Å². The molecular weight excluding hydrogens is 720 g/mol. The molecule has 58 heavy (non-hydrogen) atoms. The summed E-state index contributed by atoms with van der Waals surface area (Å²) in [6.07, 6.45) is -1.37. The van der Waals surface area contributed by atoms with Gasteiger partial charge in [0.15, 0.2) is 0 Å². The van der Waals surface area contributed by atoms with Crippen LogP contribution in [0.3, 0.4) is 0 Å². The van der Waals surface area contributed by atoms with Gasteiger partial charge < -0.3 is 24.7 Å². The third-order valence-electron chi connectivity index (χ3n) is 11.4. The third kappa shape index (κ3) is 14.5. The molecule has 0 bridgehead atoms. The number of hydrogen-bond donors (Lipinski definition) is 0. The van der Waals surface area contributed by atoms with Crippen LogP contribution in [-0.4, -0.2) is 129 Å². The molecule has 0 N–H and O–H groups in total. The molecule has 6 rings (SSSR count). The fourth-order valence-electron chi connectivity index (χ4n) is 8.58. The Morgan fingerprint density at radius 1 is 0.379 bits per heavy atom. The summed E-state index contributed by atoms with van der Waals surface area (Å²) < 4.78 is 0. The molecule has 5 aromatic rings. The molecule has 1 saturated heterocycles. The van der Waals surface area contributed by atoms with Crippen molar-refractivity contribution in [2.45, 2.75) is 62.0 Å². The fourth-order valence-corrected chi connectivity index (χ4v) is 8.58. The Bertz CT molecular complexity index is 1670. The van der Waals surface area contributed by atoms with Crippen molar-refractivity contribution < 1.29 is 5.11 Å². The number of benzene rings is 5. The number of aryl methyl sites for hydroxylation is 8. The van der Waals surface area contributed by atoms with E-state index in [0.29, 0.717) is 0 Å². The van der Waals surface area contributed by atoms with E-state index in [1.54, 1.807) is 0 Å². The summed E-state index contributed by atoms with van der Waals surface area (Å²) in [7, 11) is 8.89. The third-order valence-corrected chi connectivity index (χ3v) is 11.4. The van der Waals surface area contributed by atoms with Crippen LogP contribution in [-0.2, 0) is 6.61 Å². The molecule has 0 amide bonds. The molecule has 7 heteroatoms. The van der Waals surface area contributed by atoms with Gasteiger partial charge in [0.25, 0.3) is 0 Å². The van der Waals surface area contributed by atoms with Crippen molar-refractivity contribution in [3.8, 4) is 0 Å². The SMILES string of the molecule is CN1CCN(C)CCN(C)CCN(C)CC1.Cc1cc(C)cc([B-](c2cc(C)cc(C)c2)(c2cc(C)cc(C)c2)c2cc(C)cc(C)c2)c1.[Mg+2].[O-]Cc1ccccc1. The number of rotatable bonds is 5. The molecule has 1 aliphatic rings. The summed E-state index contributed by atoms with van der Waals surface area (Å²) >= 11 is 0. The average Bonchev–Trinajstić information content (AvgIpc) is 3.14. The zero-order valence-electron chi connectivity index (χ0n) is 38.2. The zero-order valence-corrected chi connectivity index (χ0v) is 39.6. The largest absolute Gasteiger partial charge is 2.00 e. The van der Waals surface area contributed by atoms with Crippen LogP contribution in [0.15, 0.2) is 103 Å². The van der Waals surface area contributed by atoms with Crippen molar-refractivity contribution >= 4 is 51.0 Å². The molecule has 0 saturated carbocycles. The van der Waals surface area contributed by atoms with Crippen LogP contribution in [0.5, 0.6) is 0 Å². The molecule has 0 atom stereocenters. The van der Waals surface area contributed by atoms with Gasteiger partial charge in [0, 0.05) is 52.4 Å². The van der Waals surface area contributed by atoms with E-state index in [2.05, 4.69) is 176 Å². The number of likely N-dealkylation sites (N-methyl/N-ethyl adjacent to an activating group) is 4. The van der Waals surface area contributed by atoms with Crippen molar-refractivity contribution in [2.75, 3.05) is 80.5 Å². The Balaban J connectivity index is 0.000000297. The Kier molecular flexibility index (Phi) is 19.9. The molecule has 0 unspecified atom stereocenters. The van der Waals surface area contributed by atoms with Crippen LogP contribution in [0.4, 0.5) is 0 Å². The maximum atomic E-state index is 10.1. The fraction of sp³-hybridized carbons (Fsp3) is 0.412. The molecule has 1 aliphatic heterocycles. The van der Waals surface area contributed by atoms with Crippen LogP contribution >= 0.6 is 0 Å². The maximum Gasteiger partial charge on any atom is 2.00 e. The van der Waals surface area contributed by atoms with Crippen molar-refractivity contribution in [3.05, 3.63) is 153 Å². The summed E-state index contributed by atoms with van der Waals surface area (Å²) in [6.45, 7) is 27.1. The molecule has 0 aromatic heterocycles. The van der Waals surface area contributed by atoms with Crippen LogP contribution in [0, 0.1) is 55.4 Å². The van der Waals surface area contributed by atoms with E-state index < -0.39 is 6.15 Å². The van der Waals surface area contributed by atoms with E-state index in [0.717, 1.165) is 5.56 Å². The smallest absolute Gasteiger partial charge is 0.851 e. The normalized spacial score (nSPS) is 15.1. The van der Waals surface area contributed by atoms with Crippen LogP contribution in [0.25, 0.3) is 0 Å². The number of nitrogens with zero attached hydrogens (tertiary/aromatic N) is 4. The summed E-state index contributed by atoms with van der Waals surface area (Å²) in [6, 6.07) is 37.8. The van der Waals surface area contributed by atoms with Gasteiger partial charge in [-0.3, -0.25) is 0 Å². The maximum absolute atomic E-state index is 10.1. The van der Waals surface area contributed by atoms with Gasteiger partial charge in [0.1, 0.15) is 6.15 Å². The van der Waals surface area contributed by atoms with E-state index in [-0.39, 0.29) is 29.7 Å². The van der Waals surface area contributed by atoms with Gasteiger partial charge in [0.2, 0.25) is 0 Å². The predicted molar refractivity (Wildman–Crippen MR) is 254 cm³/mol. The first-order chi connectivity index (χ1) is 27.1. The first kappa shape index (κ1) is 49.1. The first-order valence-electron chi connectivity index (χ1n) is 21.0. The standard InChI is InChI=1S/C32H36B.C12H28N4.C7H7O.Mg/c1-21-9-22(2)14-29(13-21)33(30-15-23(3)10-24(4)16-30,31-17-25(5)11-26(6)18-31)32-19-27(7)12-28(8)20-32;1-13-5-7-14(2)9-11-16(4)12-10-15(3)8-6-13;8-6-7-4-2-1-3-5-7;/h9-20H,1-8H3;5-12H2,1-4H3;1-5H,6H2;/q-1;;-1;+2. The molecule has 5 nitrogen and oxygen atoms in total. The van der Waals surface area contributed by atoms with Crippen LogP contribution in [0.1, 0.15) is 50.1 Å². The molecular formula is C51H71BMgN4O. The minimum absolute atomic E-state index is 0. The van der Waals surface area contributed by atoms with Crippen molar-refractivity contribution in [3.63, 3.8) is 0 Å². The molecule has 306 valence electrons. The van der Waals surface area contributed by atoms with Gasteiger partial charge in [0.05, 0.1) is 0 Å². The van der Waals surface area contributed by atoms with Crippen LogP contribution < -0.4 is 27.0 Å². The minimum atomic E-state index is -1.37. The Hall–Kier alpha value is -3.27. The summed E-state index contributed by atoms with van der Waals surface area (Å²) in [5.74, 6) is 0. The second kappa shape index (κ2) is 23.5. The second-order valence-electron chi connectivity index (χ2n) is 17.4. The van der Waals surface area contributed by atoms with Crippen molar-refractivity contribution in [1.82, 2.24) is 19.6 Å². The summed E-state index contributed by atoms with van der Waals surface area (Å²) in [5, 5.41) is 10.1. The van der Waals surface area contributed by atoms with Gasteiger partial charge in [-0.25, -0.2) is 0 Å². The van der Waals surface area contributed by atoms with Gasteiger partial charge in [-0.05, 0) is 83.6 Å².